The van der Waals surface area contributed by atoms with Crippen molar-refractivity contribution in [1.82, 2.24) is 14.9 Å². The molecule has 0 radical (unpaired) electrons. The normalized spacial score (nSPS) is 17.7. The van der Waals surface area contributed by atoms with E-state index in [2.05, 4.69) is 15.1 Å². The average molecular weight is 465 g/mol. The van der Waals surface area contributed by atoms with E-state index in [4.69, 9.17) is 22.9 Å². The summed E-state index contributed by atoms with van der Waals surface area (Å²) in [4.78, 5) is 21.1. The van der Waals surface area contributed by atoms with Crippen LogP contribution in [-0.4, -0.2) is 29.2 Å². The van der Waals surface area contributed by atoms with E-state index in [1.165, 1.54) is 35.1 Å². The zero-order valence-electron chi connectivity index (χ0n) is 17.9. The zero-order chi connectivity index (χ0) is 22.9. The molecule has 1 saturated carbocycles. The number of nitrogens with zero attached hydrogens (tertiary/aromatic N) is 3. The van der Waals surface area contributed by atoms with Gasteiger partial charge < -0.3 is 10.1 Å². The fourth-order valence-electron chi connectivity index (χ4n) is 4.11. The Morgan fingerprint density at radius 1 is 1.21 bits per heavy atom. The highest BCUT2D eigenvalue weighted by Crippen LogP contribution is 2.40. The summed E-state index contributed by atoms with van der Waals surface area (Å²) >= 11 is 6.41. The Hall–Kier alpha value is -3.21. The Morgan fingerprint density at radius 2 is 2.00 bits per heavy atom. The fraction of sp³-hybridized carbons (Fsp3) is 0.320. The minimum atomic E-state index is -0.679. The van der Waals surface area contributed by atoms with Crippen LogP contribution in [0.15, 0.2) is 47.3 Å². The lowest BCUT2D eigenvalue weighted by molar-refractivity contribution is 0.250. The number of hydrogen-bond donors (Lipinski definition) is 1. The quantitative estimate of drug-likeness (QED) is 0.515. The molecule has 0 amide bonds. The van der Waals surface area contributed by atoms with Crippen molar-refractivity contribution in [3.05, 3.63) is 80.6 Å². The van der Waals surface area contributed by atoms with Crippen molar-refractivity contribution in [2.24, 2.45) is 5.92 Å². The molecule has 1 saturated heterocycles. The van der Waals surface area contributed by atoms with Gasteiger partial charge in [0.25, 0.3) is 5.56 Å². The van der Waals surface area contributed by atoms with Gasteiger partial charge in [-0.1, -0.05) is 35.9 Å². The Labute approximate surface area is 195 Å². The molecule has 6 nitrogen and oxygen atoms in total. The van der Waals surface area contributed by atoms with E-state index in [0.29, 0.717) is 29.7 Å². The van der Waals surface area contributed by atoms with Gasteiger partial charge in [0.15, 0.2) is 10.8 Å². The maximum atomic E-state index is 14.5. The topological polar surface area (TPSA) is 60.5 Å². The largest absolute Gasteiger partial charge is 0.476 e. The van der Waals surface area contributed by atoms with Crippen molar-refractivity contribution in [3.63, 3.8) is 0 Å². The van der Waals surface area contributed by atoms with Gasteiger partial charge in [-0.25, -0.2) is 9.24 Å². The molecular formula is C25H22ClFN4O2. The summed E-state index contributed by atoms with van der Waals surface area (Å²) in [6.07, 6.45) is 3.32. The number of nitrogens with one attached hydrogen (secondary N) is 1. The fourth-order valence-corrected chi connectivity index (χ4v) is 4.29. The Morgan fingerprint density at radius 3 is 2.64 bits per heavy atom. The van der Waals surface area contributed by atoms with Gasteiger partial charge in [0.2, 0.25) is 11.6 Å². The summed E-state index contributed by atoms with van der Waals surface area (Å²) < 4.78 is 21.7. The van der Waals surface area contributed by atoms with Crippen molar-refractivity contribution in [2.75, 3.05) is 19.7 Å². The van der Waals surface area contributed by atoms with Gasteiger partial charge >= 0.3 is 0 Å². The molecule has 1 atom stereocenters. The number of benzene rings is 2. The highest BCUT2D eigenvalue weighted by Gasteiger charge is 2.25. The van der Waals surface area contributed by atoms with E-state index in [9.17, 15) is 9.18 Å². The molecule has 0 bridgehead atoms. The summed E-state index contributed by atoms with van der Waals surface area (Å²) in [6.45, 7) is 9.23. The van der Waals surface area contributed by atoms with Gasteiger partial charge in [-0.3, -0.25) is 9.36 Å². The predicted octanol–water partition coefficient (Wildman–Crippen LogP) is 5.11. The molecule has 2 heterocycles. The number of rotatable bonds is 6. The second-order valence-corrected chi connectivity index (χ2v) is 8.89. The summed E-state index contributed by atoms with van der Waals surface area (Å²) in [5.74, 6) is 0.441. The molecule has 0 unspecified atom stereocenters. The first kappa shape index (κ1) is 21.6. The van der Waals surface area contributed by atoms with Gasteiger partial charge in [-0.2, -0.15) is 4.98 Å². The minimum Gasteiger partial charge on any atom is -0.476 e. The Kier molecular flexibility index (Phi) is 5.88. The van der Waals surface area contributed by atoms with Crippen LogP contribution >= 0.6 is 11.6 Å². The van der Waals surface area contributed by atoms with Crippen molar-refractivity contribution in [1.29, 1.82) is 0 Å². The number of aromatic nitrogens is 2. The average Bonchev–Trinajstić information content (AvgIpc) is 3.55. The van der Waals surface area contributed by atoms with Gasteiger partial charge in [-0.05, 0) is 55.5 Å². The smallest absolute Gasteiger partial charge is 0.281 e. The Balaban J connectivity index is 1.61. The maximum Gasteiger partial charge on any atom is 0.281 e. The lowest BCUT2D eigenvalue weighted by Crippen LogP contribution is -2.24. The van der Waals surface area contributed by atoms with Crippen LogP contribution in [0.3, 0.4) is 0 Å². The molecule has 2 aliphatic rings. The van der Waals surface area contributed by atoms with Crippen LogP contribution in [0.2, 0.25) is 5.02 Å². The monoisotopic (exact) mass is 464 g/mol. The van der Waals surface area contributed by atoms with E-state index in [1.807, 2.05) is 24.3 Å². The van der Waals surface area contributed by atoms with Gasteiger partial charge in [0.05, 0.1) is 18.9 Å². The Bertz CT molecular complexity index is 1290. The molecule has 1 aliphatic carbocycles. The van der Waals surface area contributed by atoms with Crippen molar-refractivity contribution in [2.45, 2.75) is 25.2 Å². The molecule has 1 N–H and O–H groups in total. The highest BCUT2D eigenvalue weighted by molar-refractivity contribution is 6.31. The second-order valence-electron chi connectivity index (χ2n) is 8.51. The molecule has 1 aliphatic heterocycles. The molecule has 5 rings (SSSR count). The molecule has 33 heavy (non-hydrogen) atoms. The molecule has 2 fully saturated rings. The van der Waals surface area contributed by atoms with E-state index in [0.717, 1.165) is 19.5 Å². The summed E-state index contributed by atoms with van der Waals surface area (Å²) in [6, 6.07) is 11.9. The zero-order valence-corrected chi connectivity index (χ0v) is 18.6. The van der Waals surface area contributed by atoms with E-state index >= 15 is 0 Å². The first-order chi connectivity index (χ1) is 16.0. The van der Waals surface area contributed by atoms with Crippen LogP contribution in [0.25, 0.3) is 21.9 Å². The van der Waals surface area contributed by atoms with Crippen LogP contribution in [0.5, 0.6) is 5.88 Å². The minimum absolute atomic E-state index is 0.0316. The SMILES string of the molecule is [C-]#[N+]c1ccc(-c2nc(OC[C@@H]3CCNC3)c(Cl)c(=O)n2-c2ccc(C3CC3)cc2)cc1F. The van der Waals surface area contributed by atoms with Crippen molar-refractivity contribution < 1.29 is 9.13 Å². The van der Waals surface area contributed by atoms with Gasteiger partial charge in [0.1, 0.15) is 5.82 Å². The first-order valence-corrected chi connectivity index (χ1v) is 11.4. The summed E-state index contributed by atoms with van der Waals surface area (Å²) in [5, 5.41) is 3.15. The summed E-state index contributed by atoms with van der Waals surface area (Å²) in [5.41, 5.74) is 1.57. The third-order valence-corrected chi connectivity index (χ3v) is 6.47. The van der Waals surface area contributed by atoms with Crippen LogP contribution in [0.4, 0.5) is 10.1 Å². The molecule has 8 heteroatoms. The van der Waals surface area contributed by atoms with E-state index in [-0.39, 0.29) is 22.4 Å². The molecule has 168 valence electrons. The molecule has 3 aromatic rings. The third-order valence-electron chi connectivity index (χ3n) is 6.14. The van der Waals surface area contributed by atoms with Crippen LogP contribution in [-0.2, 0) is 0 Å². The van der Waals surface area contributed by atoms with E-state index in [1.54, 1.807) is 6.07 Å². The van der Waals surface area contributed by atoms with Crippen LogP contribution < -0.4 is 15.6 Å². The molecule has 1 aromatic heterocycles. The number of halogens is 2. The van der Waals surface area contributed by atoms with Crippen molar-refractivity contribution in [3.8, 4) is 23.0 Å². The second kappa shape index (κ2) is 8.97. The molecule has 2 aromatic carbocycles. The predicted molar refractivity (Wildman–Crippen MR) is 125 cm³/mol. The van der Waals surface area contributed by atoms with Crippen LogP contribution in [0, 0.1) is 18.3 Å². The molecule has 0 spiro atoms. The van der Waals surface area contributed by atoms with E-state index < -0.39 is 11.4 Å². The summed E-state index contributed by atoms with van der Waals surface area (Å²) in [7, 11) is 0. The lowest BCUT2D eigenvalue weighted by Gasteiger charge is -2.17. The number of hydrogen-bond acceptors (Lipinski definition) is 4. The third kappa shape index (κ3) is 4.37. The highest BCUT2D eigenvalue weighted by atomic mass is 35.5. The molecular weight excluding hydrogens is 443 g/mol. The van der Waals surface area contributed by atoms with Gasteiger partial charge in [-0.15, -0.1) is 0 Å². The van der Waals surface area contributed by atoms with Crippen molar-refractivity contribution >= 4 is 17.3 Å². The lowest BCUT2D eigenvalue weighted by atomic mass is 10.1. The van der Waals surface area contributed by atoms with Gasteiger partial charge in [0, 0.05) is 18.0 Å². The standard InChI is InChI=1S/C25H22ClFN4O2/c1-28-21-9-6-18(12-20(21)27)23-30-24(33-14-15-10-11-29-13-15)22(26)25(32)31(23)19-7-4-17(5-8-19)16-2-3-16/h4-9,12,15-16,29H,2-3,10-11,13-14H2/t15-/m1/s1. The maximum absolute atomic E-state index is 14.5. The van der Waals surface area contributed by atoms with Crippen LogP contribution in [0.1, 0.15) is 30.7 Å². The first-order valence-electron chi connectivity index (χ1n) is 11.0. The number of ether oxygens (including phenoxy) is 1.